The second kappa shape index (κ2) is 9.39. The topological polar surface area (TPSA) is 109 Å². The average molecular weight is 410 g/mol. The number of carbonyl (C=O) groups is 1. The monoisotopic (exact) mass is 409 g/mol. The molecule has 0 radical (unpaired) electrons. The Morgan fingerprint density at radius 3 is 2.90 bits per heavy atom. The fraction of sp³-hybridized carbons (Fsp3) is 0.350. The third-order valence-electron chi connectivity index (χ3n) is 4.04. The predicted octanol–water partition coefficient (Wildman–Crippen LogP) is 3.06. The highest BCUT2D eigenvalue weighted by Crippen LogP contribution is 2.24. The molecule has 2 N–H and O–H groups in total. The predicted molar refractivity (Wildman–Crippen MR) is 114 cm³/mol. The van der Waals surface area contributed by atoms with Crippen LogP contribution in [-0.4, -0.2) is 44.0 Å². The number of anilines is 1. The summed E-state index contributed by atoms with van der Waals surface area (Å²) in [6.07, 6.45) is 1.75. The number of benzene rings is 1. The fourth-order valence-corrected chi connectivity index (χ4v) is 3.35. The smallest absolute Gasteiger partial charge is 0.251 e. The highest BCUT2D eigenvalue weighted by Gasteiger charge is 2.14. The Kier molecular flexibility index (Phi) is 6.67. The zero-order valence-electron chi connectivity index (χ0n) is 16.6. The molecule has 8 nitrogen and oxygen atoms in total. The molecule has 0 bridgehead atoms. The van der Waals surface area contributed by atoms with Gasteiger partial charge >= 0.3 is 0 Å². The first-order valence-electron chi connectivity index (χ1n) is 9.43. The lowest BCUT2D eigenvalue weighted by Crippen LogP contribution is -2.27. The summed E-state index contributed by atoms with van der Waals surface area (Å²) in [5.74, 6) is 1.42. The minimum atomic E-state index is -0.224. The molecular weight excluding hydrogens is 386 g/mol. The van der Waals surface area contributed by atoms with Crippen LogP contribution >= 0.6 is 11.8 Å². The van der Waals surface area contributed by atoms with Gasteiger partial charge in [0.25, 0.3) is 5.91 Å². The van der Waals surface area contributed by atoms with Gasteiger partial charge < -0.3 is 10.6 Å². The summed E-state index contributed by atoms with van der Waals surface area (Å²) in [6, 6.07) is 8.90. The van der Waals surface area contributed by atoms with Crippen LogP contribution in [-0.2, 0) is 6.54 Å². The quantitative estimate of drug-likeness (QED) is 0.435. The van der Waals surface area contributed by atoms with E-state index >= 15 is 0 Å². The molecule has 0 saturated heterocycles. The molecule has 0 fully saturated rings. The zero-order chi connectivity index (χ0) is 20.8. The maximum absolute atomic E-state index is 12.3. The Balaban J connectivity index is 1.75. The van der Waals surface area contributed by atoms with Gasteiger partial charge in [-0.3, -0.25) is 4.79 Å². The van der Waals surface area contributed by atoms with Crippen molar-refractivity contribution in [3.63, 3.8) is 0 Å². The van der Waals surface area contributed by atoms with Crippen molar-refractivity contribution in [1.82, 2.24) is 25.1 Å². The van der Waals surface area contributed by atoms with Crippen molar-refractivity contribution in [3.8, 4) is 6.07 Å². The third kappa shape index (κ3) is 5.03. The first-order valence-corrected chi connectivity index (χ1v) is 10.4. The van der Waals surface area contributed by atoms with Gasteiger partial charge in [-0.2, -0.15) is 10.4 Å². The van der Waals surface area contributed by atoms with Crippen LogP contribution in [0.15, 0.2) is 35.6 Å². The van der Waals surface area contributed by atoms with Crippen LogP contribution in [0.4, 0.5) is 5.82 Å². The molecule has 0 unspecified atom stereocenters. The SMILES string of the molecule is CCSc1nc(NC(C)C)c2cnn(CCNC(=O)c3cccc(C#N)c3)c2n1. The van der Waals surface area contributed by atoms with E-state index in [1.165, 1.54) is 0 Å². The van der Waals surface area contributed by atoms with E-state index in [1.54, 1.807) is 46.9 Å². The number of nitrogens with one attached hydrogen (secondary N) is 2. The van der Waals surface area contributed by atoms with E-state index in [9.17, 15) is 4.79 Å². The molecule has 0 aliphatic rings. The van der Waals surface area contributed by atoms with Crippen LogP contribution in [0.2, 0.25) is 0 Å². The van der Waals surface area contributed by atoms with Crippen LogP contribution in [0.3, 0.4) is 0 Å². The van der Waals surface area contributed by atoms with Crippen LogP contribution in [0, 0.1) is 11.3 Å². The van der Waals surface area contributed by atoms with Gasteiger partial charge in [0, 0.05) is 18.2 Å². The highest BCUT2D eigenvalue weighted by molar-refractivity contribution is 7.99. The first kappa shape index (κ1) is 20.6. The zero-order valence-corrected chi connectivity index (χ0v) is 17.5. The minimum absolute atomic E-state index is 0.224. The second-order valence-corrected chi connectivity index (χ2v) is 7.87. The van der Waals surface area contributed by atoms with E-state index in [0.29, 0.717) is 29.4 Å². The Bertz CT molecular complexity index is 1050. The molecule has 2 aromatic heterocycles. The first-order chi connectivity index (χ1) is 14.0. The number of fused-ring (bicyclic) bond motifs is 1. The van der Waals surface area contributed by atoms with Crippen molar-refractivity contribution in [2.75, 3.05) is 17.6 Å². The number of hydrogen-bond donors (Lipinski definition) is 2. The summed E-state index contributed by atoms with van der Waals surface area (Å²) < 4.78 is 1.77. The van der Waals surface area contributed by atoms with Gasteiger partial charge in [0.2, 0.25) is 0 Å². The molecule has 0 saturated carbocycles. The number of amides is 1. The van der Waals surface area contributed by atoms with E-state index in [0.717, 1.165) is 22.6 Å². The van der Waals surface area contributed by atoms with Gasteiger partial charge in [-0.25, -0.2) is 14.6 Å². The maximum atomic E-state index is 12.3. The van der Waals surface area contributed by atoms with Gasteiger partial charge in [0.15, 0.2) is 10.8 Å². The third-order valence-corrected chi connectivity index (χ3v) is 4.77. The summed E-state index contributed by atoms with van der Waals surface area (Å²) in [5, 5.41) is 21.2. The Morgan fingerprint density at radius 2 is 2.17 bits per heavy atom. The standard InChI is InChI=1S/C20H23N7OS/c1-4-29-20-25-17(24-13(2)3)16-12-23-27(18(16)26-20)9-8-22-19(28)15-7-5-6-14(10-15)11-21/h5-7,10,12-13H,4,8-9H2,1-3H3,(H,22,28)(H,24,25,26). The second-order valence-electron chi connectivity index (χ2n) is 6.64. The van der Waals surface area contributed by atoms with Crippen molar-refractivity contribution in [3.05, 3.63) is 41.6 Å². The summed E-state index contributed by atoms with van der Waals surface area (Å²) in [5.41, 5.74) is 1.65. The molecule has 0 aliphatic heterocycles. The molecule has 2 heterocycles. The molecule has 29 heavy (non-hydrogen) atoms. The maximum Gasteiger partial charge on any atom is 0.251 e. The summed E-state index contributed by atoms with van der Waals surface area (Å²) in [7, 11) is 0. The van der Waals surface area contributed by atoms with Gasteiger partial charge in [0.1, 0.15) is 5.82 Å². The van der Waals surface area contributed by atoms with Crippen LogP contribution < -0.4 is 10.6 Å². The van der Waals surface area contributed by atoms with E-state index in [-0.39, 0.29) is 11.9 Å². The normalized spacial score (nSPS) is 10.9. The molecular formula is C20H23N7OS. The molecule has 1 amide bonds. The Morgan fingerprint density at radius 1 is 1.34 bits per heavy atom. The number of thioether (sulfide) groups is 1. The van der Waals surface area contributed by atoms with Crippen molar-refractivity contribution in [1.29, 1.82) is 5.26 Å². The molecule has 0 aliphatic carbocycles. The number of carbonyl (C=O) groups excluding carboxylic acids is 1. The molecule has 0 atom stereocenters. The van der Waals surface area contributed by atoms with Crippen molar-refractivity contribution < 1.29 is 4.79 Å². The number of aromatic nitrogens is 4. The van der Waals surface area contributed by atoms with E-state index in [2.05, 4.69) is 46.5 Å². The molecule has 9 heteroatoms. The lowest BCUT2D eigenvalue weighted by Gasteiger charge is -2.11. The Hall–Kier alpha value is -3.12. The highest BCUT2D eigenvalue weighted by atomic mass is 32.2. The Labute approximate surface area is 173 Å². The van der Waals surface area contributed by atoms with Crippen molar-refractivity contribution in [2.24, 2.45) is 0 Å². The molecule has 150 valence electrons. The summed E-state index contributed by atoms with van der Waals surface area (Å²) >= 11 is 1.57. The van der Waals surface area contributed by atoms with E-state index in [4.69, 9.17) is 5.26 Å². The summed E-state index contributed by atoms with van der Waals surface area (Å²) in [4.78, 5) is 21.6. The fourth-order valence-electron chi connectivity index (χ4n) is 2.78. The largest absolute Gasteiger partial charge is 0.367 e. The van der Waals surface area contributed by atoms with Crippen molar-refractivity contribution >= 4 is 34.5 Å². The van der Waals surface area contributed by atoms with Gasteiger partial charge in [-0.1, -0.05) is 24.8 Å². The average Bonchev–Trinajstić information content (AvgIpc) is 3.11. The molecule has 3 rings (SSSR count). The van der Waals surface area contributed by atoms with Crippen LogP contribution in [0.25, 0.3) is 11.0 Å². The van der Waals surface area contributed by atoms with Crippen LogP contribution in [0.1, 0.15) is 36.7 Å². The molecule has 3 aromatic rings. The lowest BCUT2D eigenvalue weighted by atomic mass is 10.1. The number of hydrogen-bond acceptors (Lipinski definition) is 7. The summed E-state index contributed by atoms with van der Waals surface area (Å²) in [6.45, 7) is 7.03. The molecule has 0 spiro atoms. The van der Waals surface area contributed by atoms with Gasteiger partial charge in [-0.05, 0) is 37.8 Å². The van der Waals surface area contributed by atoms with E-state index in [1.807, 2.05) is 6.07 Å². The van der Waals surface area contributed by atoms with Crippen LogP contribution in [0.5, 0.6) is 0 Å². The van der Waals surface area contributed by atoms with Crippen molar-refractivity contribution in [2.45, 2.75) is 38.5 Å². The number of nitrogens with zero attached hydrogens (tertiary/aromatic N) is 5. The number of rotatable bonds is 8. The number of nitriles is 1. The van der Waals surface area contributed by atoms with Gasteiger partial charge in [0.05, 0.1) is 29.8 Å². The minimum Gasteiger partial charge on any atom is -0.367 e. The van der Waals surface area contributed by atoms with E-state index < -0.39 is 0 Å². The lowest BCUT2D eigenvalue weighted by molar-refractivity contribution is 0.0952. The van der Waals surface area contributed by atoms with Gasteiger partial charge in [-0.15, -0.1) is 0 Å². The molecule has 1 aromatic carbocycles.